The Bertz CT molecular complexity index is 945. The summed E-state index contributed by atoms with van der Waals surface area (Å²) < 4.78 is 42.7. The van der Waals surface area contributed by atoms with Crippen molar-refractivity contribution in [2.24, 2.45) is 0 Å². The summed E-state index contributed by atoms with van der Waals surface area (Å²) in [7, 11) is 0. The van der Waals surface area contributed by atoms with Crippen LogP contribution in [0.3, 0.4) is 0 Å². The third kappa shape index (κ3) is 4.38. The Labute approximate surface area is 167 Å². The molecule has 0 radical (unpaired) electrons. The molecule has 1 aliphatic rings. The van der Waals surface area contributed by atoms with Gasteiger partial charge in [-0.25, -0.2) is 9.69 Å². The zero-order valence-corrected chi connectivity index (χ0v) is 16.0. The summed E-state index contributed by atoms with van der Waals surface area (Å²) in [6.07, 6.45) is -5.33. The van der Waals surface area contributed by atoms with E-state index in [0.717, 1.165) is 0 Å². The lowest BCUT2D eigenvalue weighted by molar-refractivity contribution is -0.138. The first-order chi connectivity index (χ1) is 13.7. The number of nitrogens with zero attached hydrogens (tertiary/aromatic N) is 5. The Balaban J connectivity index is 1.88. The number of esters is 1. The van der Waals surface area contributed by atoms with Gasteiger partial charge in [-0.1, -0.05) is 18.1 Å². The van der Waals surface area contributed by atoms with Crippen molar-refractivity contribution in [2.45, 2.75) is 25.7 Å². The van der Waals surface area contributed by atoms with Crippen molar-refractivity contribution in [3.63, 3.8) is 0 Å². The van der Waals surface area contributed by atoms with E-state index in [2.05, 4.69) is 10.2 Å². The van der Waals surface area contributed by atoms with Crippen LogP contribution in [0.25, 0.3) is 0 Å². The van der Waals surface area contributed by atoms with Crippen LogP contribution in [0.5, 0.6) is 0 Å². The molecule has 1 aromatic heterocycles. The molecule has 0 bridgehead atoms. The molecule has 3 rings (SSSR count). The lowest BCUT2D eigenvalue weighted by Crippen LogP contribution is -2.50. The molecule has 1 saturated heterocycles. The van der Waals surface area contributed by atoms with E-state index in [1.807, 2.05) is 13.0 Å². The van der Waals surface area contributed by atoms with Crippen LogP contribution in [0.4, 0.5) is 18.3 Å². The maximum atomic E-state index is 13.5. The minimum Gasteiger partial charge on any atom is -0.622 e. The Morgan fingerprint density at radius 3 is 2.86 bits per heavy atom. The smallest absolute Gasteiger partial charge is 0.445 e. The van der Waals surface area contributed by atoms with Crippen molar-refractivity contribution >= 4 is 22.4 Å². The van der Waals surface area contributed by atoms with Crippen LogP contribution < -0.4 is 4.65 Å². The highest BCUT2D eigenvalue weighted by Crippen LogP contribution is 2.39. The standard InChI is InChI=1S/C17H16F3N5O3S/c1-2-6-24-9-13(28-14(26)12-5-3-4-11(7-12)8-21)25(27,10-24)16-23-22-15(29-16)17(18,19)20/h3-5,7,13H,2,6,9-10H2,1H3. The third-order valence-electron chi connectivity index (χ3n) is 4.28. The molecule has 0 N–H and O–H groups in total. The SMILES string of the molecule is CCCN1CC(OC(=O)c2cccc(C#N)c2)[N+]([O-])(c2nnc(C(F)(F)F)s2)C1. The number of benzene rings is 1. The topological polar surface area (TPSA) is 102 Å². The highest BCUT2D eigenvalue weighted by atomic mass is 32.1. The number of alkyl halides is 3. The molecule has 0 spiro atoms. The van der Waals surface area contributed by atoms with Gasteiger partial charge in [0, 0.05) is 6.54 Å². The van der Waals surface area contributed by atoms with Gasteiger partial charge in [-0.3, -0.25) is 4.65 Å². The average Bonchev–Trinajstić information content (AvgIpc) is 3.29. The number of hydrogen-bond acceptors (Lipinski definition) is 8. The summed E-state index contributed by atoms with van der Waals surface area (Å²) in [4.78, 5) is 14.2. The van der Waals surface area contributed by atoms with E-state index in [1.54, 1.807) is 4.90 Å². The predicted molar refractivity (Wildman–Crippen MR) is 97.2 cm³/mol. The molecule has 2 atom stereocenters. The zero-order chi connectivity index (χ0) is 21.2. The molecule has 2 heterocycles. The highest BCUT2D eigenvalue weighted by Gasteiger charge is 2.48. The predicted octanol–water partition coefficient (Wildman–Crippen LogP) is 3.10. The third-order valence-corrected chi connectivity index (χ3v) is 5.36. The van der Waals surface area contributed by atoms with Crippen LogP contribution in [-0.4, -0.2) is 47.1 Å². The number of nitriles is 1. The molecule has 1 aliphatic heterocycles. The molecule has 0 saturated carbocycles. The number of rotatable bonds is 5. The second-order valence-corrected chi connectivity index (χ2v) is 7.41. The van der Waals surface area contributed by atoms with Crippen molar-refractivity contribution < 1.29 is 22.7 Å². The fraction of sp³-hybridized carbons (Fsp3) is 0.412. The van der Waals surface area contributed by atoms with Gasteiger partial charge >= 0.3 is 17.3 Å². The van der Waals surface area contributed by atoms with Crippen molar-refractivity contribution in [2.75, 3.05) is 19.8 Å². The quantitative estimate of drug-likeness (QED) is 0.410. The molecule has 0 amide bonds. The lowest BCUT2D eigenvalue weighted by Gasteiger charge is -2.38. The van der Waals surface area contributed by atoms with Crippen molar-refractivity contribution in [3.05, 3.63) is 45.6 Å². The summed E-state index contributed by atoms with van der Waals surface area (Å²) in [6.45, 7) is 2.22. The fourth-order valence-corrected chi connectivity index (χ4v) is 3.76. The molecule has 154 valence electrons. The van der Waals surface area contributed by atoms with Gasteiger partial charge in [-0.05, 0) is 36.0 Å². The van der Waals surface area contributed by atoms with E-state index in [1.165, 1.54) is 24.3 Å². The van der Waals surface area contributed by atoms with E-state index in [0.29, 0.717) is 13.0 Å². The highest BCUT2D eigenvalue weighted by molar-refractivity contribution is 7.15. The van der Waals surface area contributed by atoms with E-state index in [4.69, 9.17) is 10.00 Å². The molecule has 2 aromatic rings. The van der Waals surface area contributed by atoms with E-state index in [9.17, 15) is 23.2 Å². The molecule has 2 unspecified atom stereocenters. The summed E-state index contributed by atoms with van der Waals surface area (Å²) in [5, 5.41) is 27.3. The van der Waals surface area contributed by atoms with Gasteiger partial charge in [-0.15, -0.1) is 5.10 Å². The number of quaternary nitrogens is 1. The zero-order valence-electron chi connectivity index (χ0n) is 15.2. The molecule has 1 fully saturated rings. The first-order valence-corrected chi connectivity index (χ1v) is 9.42. The Morgan fingerprint density at radius 2 is 2.24 bits per heavy atom. The minimum atomic E-state index is -4.72. The average molecular weight is 427 g/mol. The molecule has 0 aliphatic carbocycles. The van der Waals surface area contributed by atoms with Crippen molar-refractivity contribution in [1.29, 1.82) is 5.26 Å². The molecular formula is C17H16F3N5O3S. The second-order valence-electron chi connectivity index (χ2n) is 6.45. The monoisotopic (exact) mass is 427 g/mol. The van der Waals surface area contributed by atoms with Crippen LogP contribution in [0.2, 0.25) is 0 Å². The van der Waals surface area contributed by atoms with Crippen LogP contribution in [0.1, 0.15) is 34.3 Å². The van der Waals surface area contributed by atoms with Crippen molar-refractivity contribution in [3.8, 4) is 6.07 Å². The Hall–Kier alpha value is -2.59. The van der Waals surface area contributed by atoms with Gasteiger partial charge in [0.25, 0.3) is 6.23 Å². The number of halogens is 3. The number of ether oxygens (including phenoxy) is 1. The van der Waals surface area contributed by atoms with E-state index >= 15 is 0 Å². The molecule has 29 heavy (non-hydrogen) atoms. The molecule has 12 heteroatoms. The number of hydrogen-bond donors (Lipinski definition) is 0. The molecule has 1 aromatic carbocycles. The van der Waals surface area contributed by atoms with Gasteiger partial charge in [0.15, 0.2) is 0 Å². The number of carbonyl (C=O) groups excluding carboxylic acids is 1. The maximum absolute atomic E-state index is 13.5. The van der Waals surface area contributed by atoms with Crippen LogP contribution in [-0.2, 0) is 10.9 Å². The van der Waals surface area contributed by atoms with Crippen LogP contribution in [0.15, 0.2) is 24.3 Å². The lowest BCUT2D eigenvalue weighted by atomic mass is 10.1. The summed E-state index contributed by atoms with van der Waals surface area (Å²) >= 11 is 0.140. The second kappa shape index (κ2) is 8.03. The van der Waals surface area contributed by atoms with Gasteiger partial charge < -0.3 is 9.94 Å². The summed E-state index contributed by atoms with van der Waals surface area (Å²) in [5.41, 5.74) is 0.304. The number of carbonyl (C=O) groups is 1. The number of hydroxylamine groups is 2. The van der Waals surface area contributed by atoms with Crippen LogP contribution >= 0.6 is 11.3 Å². The summed E-state index contributed by atoms with van der Waals surface area (Å²) in [6, 6.07) is 7.63. The van der Waals surface area contributed by atoms with Crippen LogP contribution in [0, 0.1) is 16.5 Å². The largest absolute Gasteiger partial charge is 0.622 e. The Morgan fingerprint density at radius 1 is 1.48 bits per heavy atom. The minimum absolute atomic E-state index is 0.0436. The van der Waals surface area contributed by atoms with Gasteiger partial charge in [0.2, 0.25) is 5.01 Å². The van der Waals surface area contributed by atoms with Gasteiger partial charge in [0.05, 0.1) is 23.7 Å². The Kier molecular flexibility index (Phi) is 5.85. The fourth-order valence-electron chi connectivity index (χ4n) is 2.97. The van der Waals surface area contributed by atoms with Gasteiger partial charge in [0.1, 0.15) is 6.67 Å². The van der Waals surface area contributed by atoms with Crippen molar-refractivity contribution in [1.82, 2.24) is 19.7 Å². The molecular weight excluding hydrogens is 411 g/mol. The molecule has 8 nitrogen and oxygen atoms in total. The normalized spacial score (nSPS) is 22.4. The maximum Gasteiger partial charge on any atom is 0.445 e. The first kappa shape index (κ1) is 21.1. The van der Waals surface area contributed by atoms with E-state index in [-0.39, 0.29) is 35.7 Å². The van der Waals surface area contributed by atoms with Gasteiger partial charge in [-0.2, -0.15) is 18.4 Å². The van der Waals surface area contributed by atoms with E-state index < -0.39 is 33.2 Å². The first-order valence-electron chi connectivity index (χ1n) is 8.61. The summed E-state index contributed by atoms with van der Waals surface area (Å²) in [5.74, 6) is -0.843. The number of aromatic nitrogens is 2.